The first kappa shape index (κ1) is 16.8. The first-order chi connectivity index (χ1) is 9.31. The number of nitrogens with one attached hydrogen (secondary N) is 1. The minimum absolute atomic E-state index is 0.189. The van der Waals surface area contributed by atoms with E-state index in [1.807, 2.05) is 19.1 Å². The Hall–Kier alpha value is -1.30. The quantitative estimate of drug-likeness (QED) is 0.830. The molecule has 0 aliphatic rings. The maximum Gasteiger partial charge on any atom is 0.401 e. The van der Waals surface area contributed by atoms with Crippen LogP contribution < -0.4 is 5.32 Å². The highest BCUT2D eigenvalue weighted by Crippen LogP contribution is 2.19. The minimum Gasteiger partial charge on any atom is -0.370 e. The summed E-state index contributed by atoms with van der Waals surface area (Å²) in [6.45, 7) is 5.63. The maximum atomic E-state index is 12.5. The summed E-state index contributed by atoms with van der Waals surface area (Å²) in [5.74, 6) is 0.708. The van der Waals surface area contributed by atoms with Gasteiger partial charge in [-0.2, -0.15) is 13.2 Å². The molecule has 0 atom stereocenters. The Labute approximate surface area is 118 Å². The van der Waals surface area contributed by atoms with Gasteiger partial charge in [0.1, 0.15) is 5.82 Å². The van der Waals surface area contributed by atoms with Crippen LogP contribution in [0.2, 0.25) is 0 Å². The summed E-state index contributed by atoms with van der Waals surface area (Å²) in [6, 6.07) is 5.20. The highest BCUT2D eigenvalue weighted by atomic mass is 19.4. The normalized spacial score (nSPS) is 12.2. The second-order valence-electron chi connectivity index (χ2n) is 5.05. The number of rotatable bonds is 7. The number of pyridine rings is 1. The average Bonchev–Trinajstić information content (AvgIpc) is 2.34. The molecule has 0 radical (unpaired) electrons. The molecule has 1 aromatic rings. The van der Waals surface area contributed by atoms with Gasteiger partial charge < -0.3 is 5.32 Å². The highest BCUT2D eigenvalue weighted by molar-refractivity contribution is 5.35. The SMILES string of the molecule is CCCNc1cccc(CN(CC(F)(F)F)C(C)C)n1. The van der Waals surface area contributed by atoms with E-state index in [1.165, 1.54) is 4.90 Å². The molecule has 114 valence electrons. The molecule has 0 aliphatic carbocycles. The Morgan fingerprint density at radius 3 is 2.55 bits per heavy atom. The van der Waals surface area contributed by atoms with Gasteiger partial charge in [-0.1, -0.05) is 13.0 Å². The Morgan fingerprint density at radius 1 is 1.30 bits per heavy atom. The number of nitrogens with zero attached hydrogens (tertiary/aromatic N) is 2. The zero-order chi connectivity index (χ0) is 15.2. The van der Waals surface area contributed by atoms with Gasteiger partial charge >= 0.3 is 6.18 Å². The van der Waals surface area contributed by atoms with Crippen molar-refractivity contribution in [3.05, 3.63) is 23.9 Å². The Bertz CT molecular complexity index is 405. The summed E-state index contributed by atoms with van der Waals surface area (Å²) in [7, 11) is 0. The molecule has 0 bridgehead atoms. The van der Waals surface area contributed by atoms with Gasteiger partial charge in [0.15, 0.2) is 0 Å². The molecule has 0 unspecified atom stereocenters. The Kier molecular flexibility index (Phi) is 6.26. The van der Waals surface area contributed by atoms with Gasteiger partial charge in [-0.3, -0.25) is 4.90 Å². The summed E-state index contributed by atoms with van der Waals surface area (Å²) in [6.07, 6.45) is -3.22. The van der Waals surface area contributed by atoms with Crippen molar-refractivity contribution in [3.63, 3.8) is 0 Å². The molecular weight excluding hydrogens is 267 g/mol. The van der Waals surface area contributed by atoms with E-state index in [0.717, 1.165) is 13.0 Å². The van der Waals surface area contributed by atoms with Crippen LogP contribution in [-0.2, 0) is 6.54 Å². The summed E-state index contributed by atoms with van der Waals surface area (Å²) >= 11 is 0. The lowest BCUT2D eigenvalue weighted by atomic mass is 10.2. The van der Waals surface area contributed by atoms with Gasteiger partial charge in [-0.25, -0.2) is 4.98 Å². The van der Waals surface area contributed by atoms with Crippen molar-refractivity contribution in [2.45, 2.75) is 46.0 Å². The minimum atomic E-state index is -4.19. The van der Waals surface area contributed by atoms with E-state index in [1.54, 1.807) is 19.9 Å². The van der Waals surface area contributed by atoms with E-state index >= 15 is 0 Å². The van der Waals surface area contributed by atoms with Gasteiger partial charge in [-0.05, 0) is 32.4 Å². The molecule has 1 N–H and O–H groups in total. The fraction of sp³-hybridized carbons (Fsp3) is 0.643. The van der Waals surface area contributed by atoms with E-state index in [2.05, 4.69) is 10.3 Å². The lowest BCUT2D eigenvalue weighted by Crippen LogP contribution is -2.38. The standard InChI is InChI=1S/C14H22F3N3/c1-4-8-18-13-7-5-6-12(19-13)9-20(11(2)3)10-14(15,16)17/h5-7,11H,4,8-10H2,1-3H3,(H,18,19). The molecule has 20 heavy (non-hydrogen) atoms. The van der Waals surface area contributed by atoms with Gasteiger partial charge in [-0.15, -0.1) is 0 Å². The third-order valence-electron chi connectivity index (χ3n) is 2.84. The van der Waals surface area contributed by atoms with Crippen LogP contribution in [0.1, 0.15) is 32.9 Å². The van der Waals surface area contributed by atoms with E-state index in [0.29, 0.717) is 11.5 Å². The second kappa shape index (κ2) is 7.47. The molecule has 6 heteroatoms. The predicted octanol–water partition coefficient (Wildman–Crippen LogP) is 3.68. The highest BCUT2D eigenvalue weighted by Gasteiger charge is 2.31. The molecule has 0 amide bonds. The van der Waals surface area contributed by atoms with Crippen LogP contribution in [0.5, 0.6) is 0 Å². The molecular formula is C14H22F3N3. The van der Waals surface area contributed by atoms with Crippen molar-refractivity contribution >= 4 is 5.82 Å². The summed E-state index contributed by atoms with van der Waals surface area (Å²) in [5.41, 5.74) is 0.643. The van der Waals surface area contributed by atoms with Gasteiger partial charge in [0.05, 0.1) is 12.2 Å². The molecule has 0 fully saturated rings. The Morgan fingerprint density at radius 2 is 2.00 bits per heavy atom. The van der Waals surface area contributed by atoms with Crippen molar-refractivity contribution in [1.82, 2.24) is 9.88 Å². The molecule has 0 spiro atoms. The molecule has 1 aromatic heterocycles. The maximum absolute atomic E-state index is 12.5. The number of hydrogen-bond acceptors (Lipinski definition) is 3. The molecule has 0 saturated carbocycles. The summed E-state index contributed by atoms with van der Waals surface area (Å²) < 4.78 is 37.6. The van der Waals surface area contributed by atoms with Crippen LogP contribution in [0, 0.1) is 0 Å². The largest absolute Gasteiger partial charge is 0.401 e. The molecule has 3 nitrogen and oxygen atoms in total. The monoisotopic (exact) mass is 289 g/mol. The van der Waals surface area contributed by atoms with Crippen LogP contribution in [0.4, 0.5) is 19.0 Å². The van der Waals surface area contributed by atoms with Crippen LogP contribution in [0.25, 0.3) is 0 Å². The lowest BCUT2D eigenvalue weighted by Gasteiger charge is -2.27. The molecule has 0 aromatic carbocycles. The van der Waals surface area contributed by atoms with Crippen LogP contribution in [0.3, 0.4) is 0 Å². The summed E-state index contributed by atoms with van der Waals surface area (Å²) in [4.78, 5) is 5.71. The molecule has 1 heterocycles. The first-order valence-corrected chi connectivity index (χ1v) is 6.82. The first-order valence-electron chi connectivity index (χ1n) is 6.82. The van der Waals surface area contributed by atoms with E-state index in [-0.39, 0.29) is 12.6 Å². The van der Waals surface area contributed by atoms with Crippen molar-refractivity contribution in [3.8, 4) is 0 Å². The van der Waals surface area contributed by atoms with Crippen molar-refractivity contribution in [2.24, 2.45) is 0 Å². The second-order valence-corrected chi connectivity index (χ2v) is 5.05. The van der Waals surface area contributed by atoms with E-state index in [4.69, 9.17) is 0 Å². The summed E-state index contributed by atoms with van der Waals surface area (Å²) in [5, 5.41) is 3.13. The third kappa shape index (κ3) is 6.23. The fourth-order valence-corrected chi connectivity index (χ4v) is 1.78. The molecule has 0 aliphatic heterocycles. The van der Waals surface area contributed by atoms with Crippen molar-refractivity contribution < 1.29 is 13.2 Å². The number of halogens is 3. The van der Waals surface area contributed by atoms with Crippen LogP contribution in [0.15, 0.2) is 18.2 Å². The van der Waals surface area contributed by atoms with Gasteiger partial charge in [0, 0.05) is 19.1 Å². The topological polar surface area (TPSA) is 28.2 Å². The predicted molar refractivity (Wildman–Crippen MR) is 74.6 cm³/mol. The molecule has 0 saturated heterocycles. The Balaban J connectivity index is 2.73. The van der Waals surface area contributed by atoms with Crippen molar-refractivity contribution in [2.75, 3.05) is 18.4 Å². The average molecular weight is 289 g/mol. The smallest absolute Gasteiger partial charge is 0.370 e. The number of hydrogen-bond donors (Lipinski definition) is 1. The zero-order valence-electron chi connectivity index (χ0n) is 12.2. The number of alkyl halides is 3. The van der Waals surface area contributed by atoms with Crippen molar-refractivity contribution in [1.29, 1.82) is 0 Å². The van der Waals surface area contributed by atoms with Gasteiger partial charge in [0.25, 0.3) is 0 Å². The number of aromatic nitrogens is 1. The lowest BCUT2D eigenvalue weighted by molar-refractivity contribution is -0.151. The third-order valence-corrected chi connectivity index (χ3v) is 2.84. The fourth-order valence-electron chi connectivity index (χ4n) is 1.78. The van der Waals surface area contributed by atoms with Crippen LogP contribution >= 0.6 is 0 Å². The van der Waals surface area contributed by atoms with Crippen LogP contribution in [-0.4, -0.2) is 35.2 Å². The van der Waals surface area contributed by atoms with E-state index < -0.39 is 12.7 Å². The molecule has 1 rings (SSSR count). The van der Waals surface area contributed by atoms with Gasteiger partial charge in [0.2, 0.25) is 0 Å². The number of anilines is 1. The van der Waals surface area contributed by atoms with E-state index in [9.17, 15) is 13.2 Å². The zero-order valence-corrected chi connectivity index (χ0v) is 12.2.